The zero-order valence-corrected chi connectivity index (χ0v) is 10.7. The predicted molar refractivity (Wildman–Crippen MR) is 68.6 cm³/mol. The van der Waals surface area contributed by atoms with E-state index < -0.39 is 0 Å². The highest BCUT2D eigenvalue weighted by Gasteiger charge is 2.11. The number of ether oxygens (including phenoxy) is 1. The fourth-order valence-electron chi connectivity index (χ4n) is 1.46. The Bertz CT molecular complexity index is 307. The Morgan fingerprint density at radius 2 is 2.25 bits per heavy atom. The monoisotopic (exact) mass is 242 g/mol. The topological polar surface area (TPSA) is 25.4 Å². The molecule has 0 bridgehead atoms. The molecule has 0 saturated heterocycles. The van der Waals surface area contributed by atoms with Crippen LogP contribution in [0.2, 0.25) is 0 Å². The van der Waals surface area contributed by atoms with Crippen molar-refractivity contribution in [2.24, 2.45) is 0 Å². The molecule has 0 aliphatic carbocycles. The van der Waals surface area contributed by atoms with Crippen molar-refractivity contribution >= 4 is 17.4 Å². The van der Waals surface area contributed by atoms with E-state index in [1.165, 1.54) is 0 Å². The Labute approximate surface area is 102 Å². The lowest BCUT2D eigenvalue weighted by atomic mass is 10.3. The molecule has 1 rings (SSSR count). The first kappa shape index (κ1) is 13.1. The maximum Gasteiger partial charge on any atom is 0.171 e. The van der Waals surface area contributed by atoms with Gasteiger partial charge in [-0.15, -0.1) is 11.6 Å². The summed E-state index contributed by atoms with van der Waals surface area (Å²) in [5.74, 6) is 2.33. The van der Waals surface area contributed by atoms with Crippen LogP contribution in [-0.2, 0) is 0 Å². The van der Waals surface area contributed by atoms with Gasteiger partial charge in [0.15, 0.2) is 11.6 Å². The Hall–Kier alpha value is -0.960. The van der Waals surface area contributed by atoms with E-state index >= 15 is 0 Å². The number of aromatic nitrogens is 1. The number of hydrogen-bond donors (Lipinski definition) is 0. The predicted octanol–water partition coefficient (Wildman–Crippen LogP) is 2.94. The third-order valence-corrected chi connectivity index (χ3v) is 2.42. The minimum Gasteiger partial charge on any atom is -0.490 e. The third-order valence-electron chi connectivity index (χ3n) is 2.25. The SMILES string of the molecule is CCCOc1cccnc1N(CC)CCCl. The van der Waals surface area contributed by atoms with Crippen LogP contribution in [0.5, 0.6) is 5.75 Å². The summed E-state index contributed by atoms with van der Waals surface area (Å²) in [5, 5.41) is 0. The summed E-state index contributed by atoms with van der Waals surface area (Å²) in [6.45, 7) is 6.57. The summed E-state index contributed by atoms with van der Waals surface area (Å²) >= 11 is 5.77. The van der Waals surface area contributed by atoms with Gasteiger partial charge in [-0.25, -0.2) is 4.98 Å². The number of pyridine rings is 1. The van der Waals surface area contributed by atoms with E-state index in [2.05, 4.69) is 23.7 Å². The van der Waals surface area contributed by atoms with Gasteiger partial charge in [0.1, 0.15) is 0 Å². The van der Waals surface area contributed by atoms with Crippen molar-refractivity contribution < 1.29 is 4.74 Å². The van der Waals surface area contributed by atoms with Gasteiger partial charge in [-0.05, 0) is 25.5 Å². The summed E-state index contributed by atoms with van der Waals surface area (Å²) < 4.78 is 5.67. The number of nitrogens with zero attached hydrogens (tertiary/aromatic N) is 2. The maximum absolute atomic E-state index is 5.77. The van der Waals surface area contributed by atoms with Crippen LogP contribution < -0.4 is 9.64 Å². The highest BCUT2D eigenvalue weighted by atomic mass is 35.5. The van der Waals surface area contributed by atoms with Gasteiger partial charge >= 0.3 is 0 Å². The largest absolute Gasteiger partial charge is 0.490 e. The molecular weight excluding hydrogens is 224 g/mol. The second kappa shape index (κ2) is 7.34. The molecule has 0 spiro atoms. The summed E-state index contributed by atoms with van der Waals surface area (Å²) in [4.78, 5) is 6.49. The Balaban J connectivity index is 2.82. The van der Waals surface area contributed by atoms with Crippen LogP contribution >= 0.6 is 11.6 Å². The number of alkyl halides is 1. The third kappa shape index (κ3) is 3.56. The van der Waals surface area contributed by atoms with Crippen LogP contribution in [0.25, 0.3) is 0 Å². The molecule has 0 saturated carbocycles. The molecule has 16 heavy (non-hydrogen) atoms. The molecule has 0 aliphatic rings. The van der Waals surface area contributed by atoms with Gasteiger partial charge in [0.25, 0.3) is 0 Å². The lowest BCUT2D eigenvalue weighted by molar-refractivity contribution is 0.316. The van der Waals surface area contributed by atoms with Crippen molar-refractivity contribution in [1.29, 1.82) is 0 Å². The first-order chi connectivity index (χ1) is 7.83. The number of rotatable bonds is 7. The molecule has 0 fully saturated rings. The average Bonchev–Trinajstić information content (AvgIpc) is 2.34. The average molecular weight is 243 g/mol. The van der Waals surface area contributed by atoms with E-state index in [-0.39, 0.29) is 0 Å². The van der Waals surface area contributed by atoms with Crippen LogP contribution in [0.3, 0.4) is 0 Å². The van der Waals surface area contributed by atoms with Gasteiger partial charge < -0.3 is 9.64 Å². The Morgan fingerprint density at radius 3 is 2.88 bits per heavy atom. The van der Waals surface area contributed by atoms with Crippen molar-refractivity contribution in [3.05, 3.63) is 18.3 Å². The van der Waals surface area contributed by atoms with Crippen molar-refractivity contribution in [2.75, 3.05) is 30.5 Å². The molecule has 0 N–H and O–H groups in total. The van der Waals surface area contributed by atoms with Crippen molar-refractivity contribution in [1.82, 2.24) is 4.98 Å². The number of anilines is 1. The van der Waals surface area contributed by atoms with E-state index in [0.29, 0.717) is 5.88 Å². The van der Waals surface area contributed by atoms with Gasteiger partial charge in [0.2, 0.25) is 0 Å². The van der Waals surface area contributed by atoms with E-state index in [4.69, 9.17) is 16.3 Å². The minimum absolute atomic E-state index is 0.595. The molecule has 1 aromatic heterocycles. The molecule has 0 unspecified atom stereocenters. The van der Waals surface area contributed by atoms with E-state index in [1.807, 2.05) is 12.1 Å². The van der Waals surface area contributed by atoms with Crippen LogP contribution in [0.4, 0.5) is 5.82 Å². The molecule has 3 nitrogen and oxygen atoms in total. The second-order valence-electron chi connectivity index (χ2n) is 3.44. The standard InChI is InChI=1S/C12H19ClN2O/c1-3-10-16-11-6-5-8-14-12(11)15(4-2)9-7-13/h5-6,8H,3-4,7,9-10H2,1-2H3. The minimum atomic E-state index is 0.595. The molecule has 1 aromatic rings. The van der Waals surface area contributed by atoms with Gasteiger partial charge in [-0.1, -0.05) is 6.92 Å². The normalized spacial score (nSPS) is 10.2. The Morgan fingerprint density at radius 1 is 1.44 bits per heavy atom. The zero-order valence-electron chi connectivity index (χ0n) is 9.95. The molecule has 1 heterocycles. The molecular formula is C12H19ClN2O. The molecule has 4 heteroatoms. The van der Waals surface area contributed by atoms with Crippen molar-refractivity contribution in [3.8, 4) is 5.75 Å². The summed E-state index contributed by atoms with van der Waals surface area (Å²) in [7, 11) is 0. The number of hydrogen-bond acceptors (Lipinski definition) is 3. The zero-order chi connectivity index (χ0) is 11.8. The van der Waals surface area contributed by atoms with Crippen LogP contribution in [0.15, 0.2) is 18.3 Å². The fourth-order valence-corrected chi connectivity index (χ4v) is 1.66. The molecule has 0 radical (unpaired) electrons. The van der Waals surface area contributed by atoms with E-state index in [0.717, 1.165) is 37.7 Å². The lowest BCUT2D eigenvalue weighted by Gasteiger charge is -2.23. The number of halogens is 1. The van der Waals surface area contributed by atoms with Gasteiger partial charge in [-0.2, -0.15) is 0 Å². The highest BCUT2D eigenvalue weighted by molar-refractivity contribution is 6.18. The van der Waals surface area contributed by atoms with E-state index in [1.54, 1.807) is 6.20 Å². The van der Waals surface area contributed by atoms with Crippen LogP contribution in [-0.4, -0.2) is 30.6 Å². The van der Waals surface area contributed by atoms with Gasteiger partial charge in [0, 0.05) is 25.2 Å². The van der Waals surface area contributed by atoms with Crippen LogP contribution in [0.1, 0.15) is 20.3 Å². The van der Waals surface area contributed by atoms with E-state index in [9.17, 15) is 0 Å². The smallest absolute Gasteiger partial charge is 0.171 e. The molecule has 0 atom stereocenters. The first-order valence-electron chi connectivity index (χ1n) is 5.72. The molecule has 90 valence electrons. The highest BCUT2D eigenvalue weighted by Crippen LogP contribution is 2.25. The van der Waals surface area contributed by atoms with Crippen LogP contribution in [0, 0.1) is 0 Å². The summed E-state index contributed by atoms with van der Waals surface area (Å²) in [5.41, 5.74) is 0. The molecule has 0 amide bonds. The lowest BCUT2D eigenvalue weighted by Crippen LogP contribution is -2.26. The first-order valence-corrected chi connectivity index (χ1v) is 6.25. The molecule has 0 aliphatic heterocycles. The van der Waals surface area contributed by atoms with Crippen molar-refractivity contribution in [3.63, 3.8) is 0 Å². The van der Waals surface area contributed by atoms with Gasteiger partial charge in [-0.3, -0.25) is 0 Å². The second-order valence-corrected chi connectivity index (χ2v) is 3.82. The summed E-state index contributed by atoms with van der Waals surface area (Å²) in [6.07, 6.45) is 2.78. The van der Waals surface area contributed by atoms with Gasteiger partial charge in [0.05, 0.1) is 6.61 Å². The van der Waals surface area contributed by atoms with Crippen molar-refractivity contribution in [2.45, 2.75) is 20.3 Å². The Kier molecular flexibility index (Phi) is 6.01. The fraction of sp³-hybridized carbons (Fsp3) is 0.583. The summed E-state index contributed by atoms with van der Waals surface area (Å²) in [6, 6.07) is 3.85. The maximum atomic E-state index is 5.77. The molecule has 0 aromatic carbocycles. The quantitative estimate of drug-likeness (QED) is 0.688.